The number of hydrogen-bond acceptors (Lipinski definition) is 9. The van der Waals surface area contributed by atoms with Crippen molar-refractivity contribution in [1.29, 1.82) is 0 Å². The summed E-state index contributed by atoms with van der Waals surface area (Å²) in [5, 5.41) is 14.6. The molecule has 0 saturated heterocycles. The van der Waals surface area contributed by atoms with Crippen LogP contribution in [0.3, 0.4) is 0 Å². The first-order chi connectivity index (χ1) is 13.1. The standard InChI is InChI=1S/C17H18N6O2S2/c1-11(15-7-4-8-26-15)19-20-16-21-22-17(23(16)18)27-10-14(24)12-5-3-6-13(9-12)25-2/h3-9H,10,18H2,1-2H3,(H,20,21)/b19-11+. The minimum atomic E-state index is -0.0528. The smallest absolute Gasteiger partial charge is 0.264 e. The van der Waals surface area contributed by atoms with Crippen molar-refractivity contribution in [3.05, 3.63) is 52.2 Å². The minimum Gasteiger partial charge on any atom is -0.497 e. The third kappa shape index (κ3) is 4.66. The molecule has 8 nitrogen and oxygen atoms in total. The summed E-state index contributed by atoms with van der Waals surface area (Å²) in [5.74, 6) is 7.05. The number of rotatable bonds is 8. The van der Waals surface area contributed by atoms with Crippen LogP contribution in [-0.2, 0) is 0 Å². The third-order valence-electron chi connectivity index (χ3n) is 3.59. The van der Waals surface area contributed by atoms with E-state index in [4.69, 9.17) is 10.6 Å². The fraction of sp³-hybridized carbons (Fsp3) is 0.176. The normalized spacial score (nSPS) is 11.4. The van der Waals surface area contributed by atoms with Gasteiger partial charge in [0, 0.05) is 10.4 Å². The van der Waals surface area contributed by atoms with Crippen molar-refractivity contribution in [3.8, 4) is 5.75 Å². The summed E-state index contributed by atoms with van der Waals surface area (Å²) in [6.45, 7) is 1.89. The molecule has 0 atom stereocenters. The topological polar surface area (TPSA) is 107 Å². The molecule has 0 fully saturated rings. The number of aromatic nitrogens is 3. The number of ether oxygens (including phenoxy) is 1. The molecular weight excluding hydrogens is 384 g/mol. The molecule has 10 heteroatoms. The molecule has 27 heavy (non-hydrogen) atoms. The molecule has 0 aliphatic rings. The van der Waals surface area contributed by atoms with E-state index in [0.29, 0.717) is 22.4 Å². The van der Waals surface area contributed by atoms with E-state index in [1.807, 2.05) is 24.4 Å². The van der Waals surface area contributed by atoms with Crippen LogP contribution in [0.4, 0.5) is 5.95 Å². The van der Waals surface area contributed by atoms with Crippen molar-refractivity contribution in [2.24, 2.45) is 5.10 Å². The highest BCUT2D eigenvalue weighted by atomic mass is 32.2. The van der Waals surface area contributed by atoms with Crippen LogP contribution in [0.1, 0.15) is 22.2 Å². The average Bonchev–Trinajstić information content (AvgIpc) is 3.35. The Balaban J connectivity index is 1.61. The number of thioether (sulfide) groups is 1. The summed E-state index contributed by atoms with van der Waals surface area (Å²) in [7, 11) is 1.56. The van der Waals surface area contributed by atoms with Crippen LogP contribution in [0.15, 0.2) is 52.0 Å². The Bertz CT molecular complexity index is 952. The molecule has 1 aromatic carbocycles. The van der Waals surface area contributed by atoms with Gasteiger partial charge in [0.15, 0.2) is 5.78 Å². The molecule has 0 amide bonds. The van der Waals surface area contributed by atoms with Crippen molar-refractivity contribution < 1.29 is 9.53 Å². The van der Waals surface area contributed by atoms with Crippen molar-refractivity contribution in [2.75, 3.05) is 24.1 Å². The number of ketones is 1. The molecule has 0 bridgehead atoms. The fourth-order valence-electron chi connectivity index (χ4n) is 2.14. The van der Waals surface area contributed by atoms with Crippen LogP contribution in [0.25, 0.3) is 0 Å². The fourth-order valence-corrected chi connectivity index (χ4v) is 3.56. The first-order valence-electron chi connectivity index (χ1n) is 7.93. The van der Waals surface area contributed by atoms with Crippen LogP contribution in [0.2, 0.25) is 0 Å². The SMILES string of the molecule is COc1cccc(C(=O)CSc2nnc(N/N=C(\C)c3cccs3)n2N)c1. The number of hydrogen-bond donors (Lipinski definition) is 2. The van der Waals surface area contributed by atoms with Crippen molar-refractivity contribution in [3.63, 3.8) is 0 Å². The number of benzene rings is 1. The molecule has 0 aliphatic carbocycles. The van der Waals surface area contributed by atoms with Gasteiger partial charge < -0.3 is 10.6 Å². The Morgan fingerprint density at radius 3 is 2.96 bits per heavy atom. The lowest BCUT2D eigenvalue weighted by Gasteiger charge is -2.05. The predicted molar refractivity (Wildman–Crippen MR) is 108 cm³/mol. The molecule has 2 heterocycles. The molecule has 3 rings (SSSR count). The number of Topliss-reactive ketones (excluding diaryl/α,β-unsaturated/α-hetero) is 1. The number of nitrogens with zero attached hydrogens (tertiary/aromatic N) is 4. The molecule has 3 N–H and O–H groups in total. The molecule has 0 spiro atoms. The maximum atomic E-state index is 12.3. The van der Waals surface area contributed by atoms with Crippen molar-refractivity contribution in [1.82, 2.24) is 14.9 Å². The number of hydrazone groups is 1. The molecule has 0 saturated carbocycles. The Morgan fingerprint density at radius 2 is 2.22 bits per heavy atom. The highest BCUT2D eigenvalue weighted by Gasteiger charge is 2.14. The highest BCUT2D eigenvalue weighted by molar-refractivity contribution is 7.99. The molecular formula is C17H18N6O2S2. The number of methoxy groups -OCH3 is 1. The van der Waals surface area contributed by atoms with Gasteiger partial charge in [-0.3, -0.25) is 4.79 Å². The number of carbonyl (C=O) groups is 1. The summed E-state index contributed by atoms with van der Waals surface area (Å²) < 4.78 is 6.41. The number of nitrogen functional groups attached to an aromatic ring is 1. The monoisotopic (exact) mass is 402 g/mol. The van der Waals surface area contributed by atoms with Crippen LogP contribution in [-0.4, -0.2) is 39.2 Å². The van der Waals surface area contributed by atoms with Gasteiger partial charge in [0.05, 0.1) is 18.6 Å². The van der Waals surface area contributed by atoms with Crippen LogP contribution >= 0.6 is 23.1 Å². The highest BCUT2D eigenvalue weighted by Crippen LogP contribution is 2.20. The van der Waals surface area contributed by atoms with E-state index in [0.717, 1.165) is 10.6 Å². The molecule has 0 radical (unpaired) electrons. The zero-order chi connectivity index (χ0) is 19.2. The summed E-state index contributed by atoms with van der Waals surface area (Å²) >= 11 is 2.80. The largest absolute Gasteiger partial charge is 0.497 e. The Morgan fingerprint density at radius 1 is 1.37 bits per heavy atom. The van der Waals surface area contributed by atoms with Crippen LogP contribution < -0.4 is 16.0 Å². The lowest BCUT2D eigenvalue weighted by molar-refractivity contribution is 0.102. The molecule has 3 aromatic rings. The zero-order valence-corrected chi connectivity index (χ0v) is 16.4. The zero-order valence-electron chi connectivity index (χ0n) is 14.7. The second kappa shape index (κ2) is 8.69. The number of carbonyl (C=O) groups excluding carboxylic acids is 1. The van der Waals surface area contributed by atoms with Crippen molar-refractivity contribution in [2.45, 2.75) is 12.1 Å². The van der Waals surface area contributed by atoms with Crippen molar-refractivity contribution >= 4 is 40.5 Å². The van der Waals surface area contributed by atoms with E-state index in [2.05, 4.69) is 20.7 Å². The lowest BCUT2D eigenvalue weighted by Crippen LogP contribution is -2.14. The molecule has 0 unspecified atom stereocenters. The van der Waals surface area contributed by atoms with Gasteiger partial charge in [-0.15, -0.1) is 21.5 Å². The summed E-state index contributed by atoms with van der Waals surface area (Å²) in [6.07, 6.45) is 0. The van der Waals surface area contributed by atoms with Gasteiger partial charge in [0.2, 0.25) is 5.16 Å². The number of nitrogens with one attached hydrogen (secondary N) is 1. The van der Waals surface area contributed by atoms with E-state index >= 15 is 0 Å². The van der Waals surface area contributed by atoms with Crippen LogP contribution in [0.5, 0.6) is 5.75 Å². The van der Waals surface area contributed by atoms with E-state index < -0.39 is 0 Å². The van der Waals surface area contributed by atoms with Gasteiger partial charge in [-0.05, 0) is 30.5 Å². The molecule has 2 aromatic heterocycles. The second-order valence-electron chi connectivity index (χ2n) is 5.41. The maximum Gasteiger partial charge on any atom is 0.264 e. The quantitative estimate of drug-likeness (QED) is 0.196. The van der Waals surface area contributed by atoms with E-state index in [-0.39, 0.29) is 11.5 Å². The second-order valence-corrected chi connectivity index (χ2v) is 7.30. The number of anilines is 1. The predicted octanol–water partition coefficient (Wildman–Crippen LogP) is 2.87. The maximum absolute atomic E-state index is 12.3. The lowest BCUT2D eigenvalue weighted by atomic mass is 10.1. The van der Waals surface area contributed by atoms with Gasteiger partial charge in [-0.2, -0.15) is 5.10 Å². The van der Waals surface area contributed by atoms with Crippen LogP contribution in [0, 0.1) is 0 Å². The Hall–Kier alpha value is -2.85. The summed E-state index contributed by atoms with van der Waals surface area (Å²) in [6, 6.07) is 10.9. The first kappa shape index (κ1) is 18.9. The van der Waals surface area contributed by atoms with E-state index in [1.165, 1.54) is 16.4 Å². The summed E-state index contributed by atoms with van der Waals surface area (Å²) in [4.78, 5) is 13.4. The van der Waals surface area contributed by atoms with E-state index in [9.17, 15) is 4.79 Å². The van der Waals surface area contributed by atoms with Gasteiger partial charge in [-0.25, -0.2) is 10.1 Å². The van der Waals surface area contributed by atoms with Gasteiger partial charge in [0.25, 0.3) is 5.95 Å². The van der Waals surface area contributed by atoms with Gasteiger partial charge >= 0.3 is 0 Å². The van der Waals surface area contributed by atoms with E-state index in [1.54, 1.807) is 42.7 Å². The number of nitrogens with two attached hydrogens (primary N) is 1. The number of thiophene rings is 1. The Kier molecular flexibility index (Phi) is 6.09. The van der Waals surface area contributed by atoms with Gasteiger partial charge in [0.1, 0.15) is 5.75 Å². The van der Waals surface area contributed by atoms with Gasteiger partial charge in [-0.1, -0.05) is 30.0 Å². The minimum absolute atomic E-state index is 0.0528. The third-order valence-corrected chi connectivity index (χ3v) is 5.51. The molecule has 140 valence electrons. The Labute approximate surface area is 164 Å². The first-order valence-corrected chi connectivity index (χ1v) is 9.79. The average molecular weight is 403 g/mol. The molecule has 0 aliphatic heterocycles. The summed E-state index contributed by atoms with van der Waals surface area (Å²) in [5.41, 5.74) is 4.18.